The third-order valence-electron chi connectivity index (χ3n) is 5.51. The lowest BCUT2D eigenvalue weighted by Crippen LogP contribution is -2.29. The van der Waals surface area contributed by atoms with Crippen molar-refractivity contribution in [1.82, 2.24) is 9.56 Å². The van der Waals surface area contributed by atoms with Crippen molar-refractivity contribution in [3.8, 4) is 11.5 Å². The summed E-state index contributed by atoms with van der Waals surface area (Å²) in [5.74, 6) is -0.391. The Labute approximate surface area is 190 Å². The van der Waals surface area contributed by atoms with Crippen LogP contribution in [-0.2, 0) is 14.9 Å². The fourth-order valence-corrected chi connectivity index (χ4v) is 4.36. The monoisotopic (exact) mass is 469 g/mol. The van der Waals surface area contributed by atoms with Gasteiger partial charge in [-0.25, -0.2) is 18.0 Å². The van der Waals surface area contributed by atoms with E-state index in [1.54, 1.807) is 6.07 Å². The summed E-state index contributed by atoms with van der Waals surface area (Å²) in [5.41, 5.74) is 2.04. The van der Waals surface area contributed by atoms with Crippen molar-refractivity contribution in [2.45, 2.75) is 25.2 Å². The summed E-state index contributed by atoms with van der Waals surface area (Å²) in [6, 6.07) is 11.4. The Hall–Kier alpha value is -3.50. The fourth-order valence-electron chi connectivity index (χ4n) is 3.86. The number of hydrogen-bond donors (Lipinski definition) is 2. The van der Waals surface area contributed by atoms with Crippen LogP contribution in [0.15, 0.2) is 51.8 Å². The third kappa shape index (κ3) is 4.53. The van der Waals surface area contributed by atoms with Gasteiger partial charge in [-0.15, -0.1) is 0 Å². The molecule has 9 nitrogen and oxygen atoms in total. The molecule has 0 unspecified atom stereocenters. The number of rotatable bonds is 7. The fraction of sp³-hybridized carbons (Fsp3) is 0.261. The molecule has 10 heteroatoms. The Morgan fingerprint density at radius 1 is 1.12 bits per heavy atom. The number of nitrogens with one attached hydrogen (secondary N) is 1. The van der Waals surface area contributed by atoms with Crippen LogP contribution in [0.4, 0.5) is 5.69 Å². The molecule has 0 bridgehead atoms. The Balaban J connectivity index is 2.00. The van der Waals surface area contributed by atoms with Crippen LogP contribution in [0, 0.1) is 0 Å². The largest absolute Gasteiger partial charge is 0.744 e. The lowest BCUT2D eigenvalue weighted by molar-refractivity contribution is -0.136. The topological polar surface area (TPSA) is 136 Å². The quantitative estimate of drug-likeness (QED) is 0.183. The molecule has 0 saturated heterocycles. The summed E-state index contributed by atoms with van der Waals surface area (Å²) in [7, 11) is -4.67. The van der Waals surface area contributed by atoms with Crippen LogP contribution in [-0.4, -0.2) is 48.7 Å². The van der Waals surface area contributed by atoms with Crippen molar-refractivity contribution in [3.05, 3.63) is 47.8 Å². The van der Waals surface area contributed by atoms with E-state index in [1.165, 1.54) is 18.2 Å². The maximum Gasteiger partial charge on any atom is 0.305 e. The molecular formula is C23H23N3O6S. The molecule has 1 aliphatic carbocycles. The lowest BCUT2D eigenvalue weighted by Gasteiger charge is -2.15. The number of anilines is 1. The number of hydrogen-bond acceptors (Lipinski definition) is 7. The minimum Gasteiger partial charge on any atom is -0.744 e. The van der Waals surface area contributed by atoms with Crippen molar-refractivity contribution in [2.24, 2.45) is 0 Å². The Bertz CT molecular complexity index is 1520. The van der Waals surface area contributed by atoms with Crippen LogP contribution in [0.1, 0.15) is 20.3 Å². The maximum absolute atomic E-state index is 11.6. The number of aliphatic carboxylic acids is 1. The van der Waals surface area contributed by atoms with E-state index in [0.717, 1.165) is 18.4 Å². The zero-order valence-corrected chi connectivity index (χ0v) is 19.0. The summed E-state index contributed by atoms with van der Waals surface area (Å²) in [6.45, 7) is 5.94. The first kappa shape index (κ1) is 22.7. The summed E-state index contributed by atoms with van der Waals surface area (Å²) in [5, 5.41) is 14.0. The number of carboxylic acids is 1. The first-order chi connectivity index (χ1) is 15.7. The van der Waals surface area contributed by atoms with Crippen LogP contribution in [0.3, 0.4) is 0 Å². The highest BCUT2D eigenvalue weighted by molar-refractivity contribution is 7.85. The van der Waals surface area contributed by atoms with Gasteiger partial charge in [-0.05, 0) is 32.0 Å². The second-order valence-electron chi connectivity index (χ2n) is 7.54. The molecule has 0 atom stereocenters. The first-order valence-corrected chi connectivity index (χ1v) is 11.9. The number of fused-ring (bicyclic) bond motifs is 4. The Morgan fingerprint density at radius 3 is 2.55 bits per heavy atom. The molecule has 1 heterocycles. The number of nitrogens with zero attached hydrogens (tertiary/aromatic N) is 2. The van der Waals surface area contributed by atoms with Gasteiger partial charge in [0.2, 0.25) is 5.36 Å². The molecule has 2 aromatic carbocycles. The maximum atomic E-state index is 11.6. The summed E-state index contributed by atoms with van der Waals surface area (Å²) in [4.78, 5) is 15.3. The zero-order valence-electron chi connectivity index (χ0n) is 18.2. The minimum absolute atomic E-state index is 0.109. The van der Waals surface area contributed by atoms with E-state index >= 15 is 0 Å². The van der Waals surface area contributed by atoms with E-state index in [0.29, 0.717) is 39.0 Å². The molecule has 0 aromatic heterocycles. The van der Waals surface area contributed by atoms with Gasteiger partial charge in [0.25, 0.3) is 0 Å². The van der Waals surface area contributed by atoms with E-state index in [4.69, 9.17) is 14.5 Å². The molecule has 1 aliphatic heterocycles. The molecule has 4 rings (SSSR count). The number of benzene rings is 3. The zero-order chi connectivity index (χ0) is 23.8. The van der Waals surface area contributed by atoms with Crippen molar-refractivity contribution >= 4 is 43.6 Å². The number of carbonyl (C=O) groups is 1. The molecule has 172 valence electrons. The third-order valence-corrected chi connectivity index (χ3v) is 6.34. The van der Waals surface area contributed by atoms with E-state index in [2.05, 4.69) is 23.7 Å². The Kier molecular flexibility index (Phi) is 6.05. The van der Waals surface area contributed by atoms with Gasteiger partial charge in [-0.2, -0.15) is 0 Å². The predicted octanol–water partition coefficient (Wildman–Crippen LogP) is 2.69. The normalized spacial score (nSPS) is 11.8. The lowest BCUT2D eigenvalue weighted by atomic mass is 10.1. The molecule has 2 N–H and O–H groups in total. The highest BCUT2D eigenvalue weighted by Crippen LogP contribution is 2.35. The van der Waals surface area contributed by atoms with Gasteiger partial charge in [-0.3, -0.25) is 4.79 Å². The van der Waals surface area contributed by atoms with Gasteiger partial charge in [0, 0.05) is 35.1 Å². The smallest absolute Gasteiger partial charge is 0.305 e. The molecule has 33 heavy (non-hydrogen) atoms. The molecule has 0 radical (unpaired) electrons. The van der Waals surface area contributed by atoms with E-state index in [-0.39, 0.29) is 17.9 Å². The van der Waals surface area contributed by atoms with Crippen LogP contribution in [0.5, 0.6) is 0 Å². The molecular weight excluding hydrogens is 446 g/mol. The van der Waals surface area contributed by atoms with Crippen molar-refractivity contribution in [1.29, 1.82) is 0 Å². The molecule has 2 aromatic rings. The van der Waals surface area contributed by atoms with Crippen LogP contribution < -0.4 is 15.2 Å². The second kappa shape index (κ2) is 8.80. The Morgan fingerprint density at radius 2 is 1.88 bits per heavy atom. The molecule has 0 fully saturated rings. The van der Waals surface area contributed by atoms with Gasteiger partial charge in [-0.1, -0.05) is 6.07 Å². The SMILES string of the molecule is CC[N+](CC)=c1ccc2nc3c(cc(NCCC(=O)O)c4cc(S(=O)(=O)[O-])ccc43)oc-2c1. The van der Waals surface area contributed by atoms with Crippen molar-refractivity contribution in [3.63, 3.8) is 0 Å². The predicted molar refractivity (Wildman–Crippen MR) is 123 cm³/mol. The van der Waals surface area contributed by atoms with Gasteiger partial charge in [0.05, 0.1) is 17.4 Å². The standard InChI is InChI=1S/C23H23N3O6S/c1-3-26(4-2)14-5-8-18-20(11-14)32-21-13-19(24-10-9-22(27)28)17-12-15(33(29,30)31)6-7-16(17)23(21)25-18/h5-8,11-13H,3-4,9-10H2,1-2H3,(H2,27,28,29,30,31). The van der Waals surface area contributed by atoms with Crippen molar-refractivity contribution in [2.75, 3.05) is 25.0 Å². The second-order valence-corrected chi connectivity index (χ2v) is 8.92. The van der Waals surface area contributed by atoms with Crippen LogP contribution >= 0.6 is 0 Å². The first-order valence-electron chi connectivity index (χ1n) is 10.5. The highest BCUT2D eigenvalue weighted by atomic mass is 32.2. The summed E-state index contributed by atoms with van der Waals surface area (Å²) < 4.78 is 43.1. The number of carboxylic acid groups (broad SMARTS) is 1. The van der Waals surface area contributed by atoms with Crippen molar-refractivity contribution < 1.29 is 27.3 Å². The van der Waals surface area contributed by atoms with Gasteiger partial charge in [0.1, 0.15) is 34.4 Å². The average Bonchev–Trinajstić information content (AvgIpc) is 2.77. The van der Waals surface area contributed by atoms with Gasteiger partial charge in [0.15, 0.2) is 11.3 Å². The molecule has 2 aliphatic rings. The number of aromatic nitrogens is 1. The van der Waals surface area contributed by atoms with E-state index in [1.807, 2.05) is 18.2 Å². The van der Waals surface area contributed by atoms with Crippen LogP contribution in [0.2, 0.25) is 0 Å². The molecule has 0 amide bonds. The van der Waals surface area contributed by atoms with E-state index < -0.39 is 16.1 Å². The van der Waals surface area contributed by atoms with Gasteiger partial charge < -0.3 is 19.4 Å². The van der Waals surface area contributed by atoms with E-state index in [9.17, 15) is 17.8 Å². The summed E-state index contributed by atoms with van der Waals surface area (Å²) >= 11 is 0. The van der Waals surface area contributed by atoms with Gasteiger partial charge >= 0.3 is 5.97 Å². The minimum atomic E-state index is -4.67. The highest BCUT2D eigenvalue weighted by Gasteiger charge is 2.17. The average molecular weight is 470 g/mol. The van der Waals surface area contributed by atoms with Crippen LogP contribution in [0.25, 0.3) is 33.3 Å². The molecule has 0 saturated carbocycles. The molecule has 0 spiro atoms. The summed E-state index contributed by atoms with van der Waals surface area (Å²) in [6.07, 6.45) is -0.139.